The molecule has 4 rings (SSSR count). The molecule has 2 aromatic heterocycles. The molecule has 1 aromatic carbocycles. The molecule has 0 spiro atoms. The second-order valence-corrected chi connectivity index (χ2v) is 8.22. The number of anilines is 1. The maximum atomic E-state index is 13.1. The number of aryl methyl sites for hydroxylation is 1. The summed E-state index contributed by atoms with van der Waals surface area (Å²) in [5, 5.41) is 3.93. The summed E-state index contributed by atoms with van der Waals surface area (Å²) >= 11 is 0. The van der Waals surface area contributed by atoms with E-state index in [-0.39, 0.29) is 11.6 Å². The van der Waals surface area contributed by atoms with E-state index in [1.165, 1.54) is 18.6 Å². The van der Waals surface area contributed by atoms with Crippen molar-refractivity contribution in [2.75, 3.05) is 5.32 Å². The van der Waals surface area contributed by atoms with Crippen LogP contribution in [-0.2, 0) is 6.18 Å². The molecule has 0 saturated heterocycles. The van der Waals surface area contributed by atoms with E-state index in [4.69, 9.17) is 0 Å². The van der Waals surface area contributed by atoms with Crippen molar-refractivity contribution in [3.05, 3.63) is 63.8 Å². The largest absolute Gasteiger partial charge is 0.416 e. The van der Waals surface area contributed by atoms with Crippen LogP contribution >= 0.6 is 0 Å². The number of aromatic nitrogens is 3. The number of fused-ring (bicyclic) bond motifs is 1. The van der Waals surface area contributed by atoms with Crippen LogP contribution in [0.15, 0.2) is 41.3 Å². The second kappa shape index (κ2) is 8.32. The normalized spacial score (nSPS) is 16.4. The average Bonchev–Trinajstić information content (AvgIpc) is 2.73. The zero-order valence-electron chi connectivity index (χ0n) is 17.5. The molecule has 5 nitrogen and oxygen atoms in total. The summed E-state index contributed by atoms with van der Waals surface area (Å²) in [6.07, 6.45) is 2.69. The number of hydrogen-bond donors (Lipinski definition) is 1. The molecular weight excluding hydrogens is 405 g/mol. The Balaban J connectivity index is 1.72. The molecule has 0 radical (unpaired) electrons. The van der Waals surface area contributed by atoms with Gasteiger partial charge in [-0.3, -0.25) is 4.79 Å². The third kappa shape index (κ3) is 4.57. The molecule has 0 aliphatic heterocycles. The van der Waals surface area contributed by atoms with Crippen molar-refractivity contribution in [1.82, 2.24) is 14.5 Å². The first-order valence-corrected chi connectivity index (χ1v) is 10.6. The van der Waals surface area contributed by atoms with Gasteiger partial charge in [-0.05, 0) is 44.4 Å². The number of nitrogens with one attached hydrogen (secondary N) is 1. The Hall–Kier alpha value is -2.90. The number of alkyl halides is 3. The lowest BCUT2D eigenvalue weighted by Gasteiger charge is -2.24. The average molecular weight is 430 g/mol. The van der Waals surface area contributed by atoms with Gasteiger partial charge in [-0.1, -0.05) is 31.4 Å². The molecule has 3 aromatic rings. The van der Waals surface area contributed by atoms with Gasteiger partial charge in [-0.2, -0.15) is 13.2 Å². The van der Waals surface area contributed by atoms with Crippen molar-refractivity contribution in [1.29, 1.82) is 0 Å². The molecule has 0 unspecified atom stereocenters. The monoisotopic (exact) mass is 430 g/mol. The van der Waals surface area contributed by atoms with E-state index in [9.17, 15) is 18.0 Å². The zero-order chi connectivity index (χ0) is 22.2. The molecule has 8 heteroatoms. The summed E-state index contributed by atoms with van der Waals surface area (Å²) in [4.78, 5) is 21.6. The van der Waals surface area contributed by atoms with Crippen molar-refractivity contribution < 1.29 is 13.2 Å². The lowest BCUT2D eigenvalue weighted by molar-refractivity contribution is -0.137. The van der Waals surface area contributed by atoms with Crippen LogP contribution in [0, 0.1) is 6.92 Å². The minimum Gasteiger partial charge on any atom is -0.363 e. The van der Waals surface area contributed by atoms with E-state index in [1.807, 2.05) is 0 Å². The van der Waals surface area contributed by atoms with E-state index in [2.05, 4.69) is 15.3 Å². The minimum atomic E-state index is -4.40. The van der Waals surface area contributed by atoms with Crippen molar-refractivity contribution >= 4 is 16.7 Å². The quantitative estimate of drug-likeness (QED) is 0.569. The van der Waals surface area contributed by atoms with E-state index < -0.39 is 17.8 Å². The fraction of sp³-hybridized carbons (Fsp3) is 0.435. The molecule has 31 heavy (non-hydrogen) atoms. The van der Waals surface area contributed by atoms with Gasteiger partial charge in [0.05, 0.1) is 16.5 Å². The van der Waals surface area contributed by atoms with Crippen LogP contribution in [0.5, 0.6) is 0 Å². The summed E-state index contributed by atoms with van der Waals surface area (Å²) in [5.41, 5.74) is 0.256. The molecule has 1 aliphatic rings. The van der Waals surface area contributed by atoms with Gasteiger partial charge in [-0.15, -0.1) is 0 Å². The maximum Gasteiger partial charge on any atom is 0.416 e. The number of pyridine rings is 1. The minimum absolute atomic E-state index is 0.0885. The van der Waals surface area contributed by atoms with Gasteiger partial charge >= 0.3 is 6.18 Å². The van der Waals surface area contributed by atoms with Crippen LogP contribution < -0.4 is 10.9 Å². The van der Waals surface area contributed by atoms with E-state index in [0.717, 1.165) is 37.8 Å². The number of hydrogen-bond acceptors (Lipinski definition) is 4. The SMILES string of the molecule is Cc1nc(N[C@H](C)c2cccc(C(F)(F)F)c2)c2cn(C3CCCCC3)c(=O)cc2n1. The highest BCUT2D eigenvalue weighted by atomic mass is 19.4. The Morgan fingerprint density at radius 1 is 1.13 bits per heavy atom. The van der Waals surface area contributed by atoms with Crippen molar-refractivity contribution in [2.45, 2.75) is 64.2 Å². The molecule has 1 N–H and O–H groups in total. The second-order valence-electron chi connectivity index (χ2n) is 8.22. The fourth-order valence-electron chi connectivity index (χ4n) is 4.26. The van der Waals surface area contributed by atoms with E-state index in [1.54, 1.807) is 30.7 Å². The number of rotatable bonds is 4. The van der Waals surface area contributed by atoms with Crippen LogP contribution in [0.1, 0.15) is 68.1 Å². The van der Waals surface area contributed by atoms with Crippen molar-refractivity contribution in [2.24, 2.45) is 0 Å². The summed E-state index contributed by atoms with van der Waals surface area (Å²) in [7, 11) is 0. The molecule has 164 valence electrons. The number of halogens is 3. The standard InChI is InChI=1S/C23H25F3N4O/c1-14(16-7-6-8-17(11-16)23(24,25)26)27-22-19-13-30(18-9-4-3-5-10-18)21(31)12-20(19)28-15(2)29-22/h6-8,11-14,18H,3-5,9-10H2,1-2H3,(H,27,28,29)/t14-/m1/s1. The Morgan fingerprint density at radius 3 is 2.58 bits per heavy atom. The molecule has 1 atom stereocenters. The van der Waals surface area contributed by atoms with Crippen LogP contribution in [0.3, 0.4) is 0 Å². The molecule has 0 bridgehead atoms. The maximum absolute atomic E-state index is 13.1. The van der Waals surface area contributed by atoms with Crippen molar-refractivity contribution in [3.63, 3.8) is 0 Å². The van der Waals surface area contributed by atoms with Gasteiger partial charge in [0.2, 0.25) is 0 Å². The highest BCUT2D eigenvalue weighted by Crippen LogP contribution is 2.32. The van der Waals surface area contributed by atoms with Crippen LogP contribution in [0.2, 0.25) is 0 Å². The van der Waals surface area contributed by atoms with Crippen LogP contribution in [-0.4, -0.2) is 14.5 Å². The lowest BCUT2D eigenvalue weighted by atomic mass is 9.95. The topological polar surface area (TPSA) is 59.8 Å². The smallest absolute Gasteiger partial charge is 0.363 e. The van der Waals surface area contributed by atoms with E-state index >= 15 is 0 Å². The predicted molar refractivity (Wildman–Crippen MR) is 114 cm³/mol. The predicted octanol–water partition coefficient (Wildman–Crippen LogP) is 5.80. The highest BCUT2D eigenvalue weighted by molar-refractivity contribution is 5.88. The van der Waals surface area contributed by atoms with Gasteiger partial charge in [-0.25, -0.2) is 9.97 Å². The Bertz CT molecular complexity index is 1150. The first-order chi connectivity index (χ1) is 14.7. The third-order valence-corrected chi connectivity index (χ3v) is 5.91. The molecule has 0 amide bonds. The van der Waals surface area contributed by atoms with Gasteiger partial charge in [0.15, 0.2) is 0 Å². The summed E-state index contributed by atoms with van der Waals surface area (Å²) in [5.74, 6) is 0.998. The van der Waals surface area contributed by atoms with Crippen LogP contribution in [0.4, 0.5) is 19.0 Å². The first kappa shape index (κ1) is 21.3. The number of nitrogens with zero attached hydrogens (tertiary/aromatic N) is 3. The Labute approximate surface area is 178 Å². The molecule has 2 heterocycles. The van der Waals surface area contributed by atoms with Crippen molar-refractivity contribution in [3.8, 4) is 0 Å². The zero-order valence-corrected chi connectivity index (χ0v) is 17.5. The molecule has 1 aliphatic carbocycles. The highest BCUT2D eigenvalue weighted by Gasteiger charge is 2.30. The summed E-state index contributed by atoms with van der Waals surface area (Å²) < 4.78 is 41.1. The third-order valence-electron chi connectivity index (χ3n) is 5.91. The van der Waals surface area contributed by atoms with E-state index in [0.29, 0.717) is 28.1 Å². The fourth-order valence-corrected chi connectivity index (χ4v) is 4.26. The number of benzene rings is 1. The molecule has 1 fully saturated rings. The lowest BCUT2D eigenvalue weighted by Crippen LogP contribution is -2.25. The Kier molecular flexibility index (Phi) is 5.73. The van der Waals surface area contributed by atoms with Gasteiger partial charge < -0.3 is 9.88 Å². The van der Waals surface area contributed by atoms with Gasteiger partial charge in [0.25, 0.3) is 5.56 Å². The van der Waals surface area contributed by atoms with Gasteiger partial charge in [0.1, 0.15) is 11.6 Å². The molecular formula is C23H25F3N4O. The van der Waals surface area contributed by atoms with Crippen LogP contribution in [0.25, 0.3) is 10.9 Å². The summed E-state index contributed by atoms with van der Waals surface area (Å²) in [6, 6.07) is 6.52. The van der Waals surface area contributed by atoms with Gasteiger partial charge in [0, 0.05) is 24.3 Å². The molecule has 1 saturated carbocycles. The summed E-state index contributed by atoms with van der Waals surface area (Å²) in [6.45, 7) is 3.52. The first-order valence-electron chi connectivity index (χ1n) is 10.6. The Morgan fingerprint density at radius 2 is 1.87 bits per heavy atom.